The van der Waals surface area contributed by atoms with E-state index in [2.05, 4.69) is 10.4 Å². The Balaban J connectivity index is 1.87. The van der Waals surface area contributed by atoms with E-state index < -0.39 is 11.0 Å². The molecule has 7 nitrogen and oxygen atoms in total. The summed E-state index contributed by atoms with van der Waals surface area (Å²) in [6.07, 6.45) is 1.68. The van der Waals surface area contributed by atoms with Gasteiger partial charge >= 0.3 is 5.69 Å². The summed E-state index contributed by atoms with van der Waals surface area (Å²) in [5.74, 6) is 0. The maximum atomic E-state index is 10.6. The monoisotopic (exact) mass is 358 g/mol. The highest BCUT2D eigenvalue weighted by atomic mass is 35.5. The van der Waals surface area contributed by atoms with E-state index in [9.17, 15) is 15.2 Å². The Hall–Kier alpha value is -1.67. The first-order valence-electron chi connectivity index (χ1n) is 6.90. The number of halogens is 2. The van der Waals surface area contributed by atoms with Gasteiger partial charge in [-0.05, 0) is 24.6 Å². The molecule has 0 saturated heterocycles. The second-order valence-electron chi connectivity index (χ2n) is 5.13. The maximum absolute atomic E-state index is 10.6. The van der Waals surface area contributed by atoms with Gasteiger partial charge in [-0.2, -0.15) is 5.10 Å². The number of nitrogens with one attached hydrogen (secondary N) is 1. The van der Waals surface area contributed by atoms with Crippen molar-refractivity contribution >= 4 is 28.9 Å². The maximum Gasteiger partial charge on any atom is 0.306 e. The zero-order valence-corrected chi connectivity index (χ0v) is 13.8. The van der Waals surface area contributed by atoms with E-state index in [0.29, 0.717) is 10.0 Å². The number of hydrogen-bond acceptors (Lipinski definition) is 5. The number of aliphatic hydroxyl groups excluding tert-OH is 1. The highest BCUT2D eigenvalue weighted by Crippen LogP contribution is 2.26. The van der Waals surface area contributed by atoms with E-state index in [0.717, 1.165) is 11.8 Å². The molecule has 2 atom stereocenters. The Morgan fingerprint density at radius 2 is 2.22 bits per heavy atom. The predicted octanol–water partition coefficient (Wildman–Crippen LogP) is 2.81. The minimum atomic E-state index is -0.747. The molecule has 1 aromatic carbocycles. The molecule has 0 spiro atoms. The Morgan fingerprint density at radius 1 is 1.48 bits per heavy atom. The van der Waals surface area contributed by atoms with Gasteiger partial charge in [-0.3, -0.25) is 14.8 Å². The number of benzene rings is 1. The molecular weight excluding hydrogens is 343 g/mol. The zero-order chi connectivity index (χ0) is 17.0. The van der Waals surface area contributed by atoms with Crippen molar-refractivity contribution in [3.63, 3.8) is 0 Å². The molecule has 0 saturated carbocycles. The van der Waals surface area contributed by atoms with Gasteiger partial charge in [0.25, 0.3) is 0 Å². The van der Waals surface area contributed by atoms with Crippen LogP contribution in [0.2, 0.25) is 10.0 Å². The summed E-state index contributed by atoms with van der Waals surface area (Å²) in [7, 11) is 0. The molecule has 2 N–H and O–H groups in total. The molecule has 0 aliphatic heterocycles. The molecule has 0 bridgehead atoms. The first-order valence-corrected chi connectivity index (χ1v) is 7.65. The molecule has 0 fully saturated rings. The van der Waals surface area contributed by atoms with Crippen LogP contribution in [0.15, 0.2) is 30.6 Å². The summed E-state index contributed by atoms with van der Waals surface area (Å²) >= 11 is 12.0. The van der Waals surface area contributed by atoms with Crippen LogP contribution in [0.3, 0.4) is 0 Å². The van der Waals surface area contributed by atoms with Crippen LogP contribution in [0.4, 0.5) is 5.69 Å². The van der Waals surface area contributed by atoms with Crippen molar-refractivity contribution in [3.8, 4) is 0 Å². The quantitative estimate of drug-likeness (QED) is 0.586. The standard InChI is InChI=1S/C14H16Cl2N4O3/c1-9(13-3-2-10(15)4-14(13)16)17-6-12(21)8-19-7-11(5-18-19)20(22)23/h2-5,7,9,12,17,21H,6,8H2,1H3. The van der Waals surface area contributed by atoms with Gasteiger partial charge in [0, 0.05) is 22.6 Å². The molecule has 9 heteroatoms. The number of nitro groups is 1. The number of nitrogens with zero attached hydrogens (tertiary/aromatic N) is 3. The summed E-state index contributed by atoms with van der Waals surface area (Å²) in [4.78, 5) is 10.1. The van der Waals surface area contributed by atoms with Crippen LogP contribution < -0.4 is 5.32 Å². The SMILES string of the molecule is CC(NCC(O)Cn1cc([N+](=O)[O-])cn1)c1ccc(Cl)cc1Cl. The largest absolute Gasteiger partial charge is 0.390 e. The minimum absolute atomic E-state index is 0.0821. The van der Waals surface area contributed by atoms with Crippen LogP contribution in [0.5, 0.6) is 0 Å². The van der Waals surface area contributed by atoms with E-state index in [1.165, 1.54) is 10.9 Å². The molecule has 124 valence electrons. The molecular formula is C14H16Cl2N4O3. The molecule has 0 aliphatic carbocycles. The van der Waals surface area contributed by atoms with E-state index in [4.69, 9.17) is 23.2 Å². The van der Waals surface area contributed by atoms with E-state index in [1.54, 1.807) is 12.1 Å². The Labute approximate surface area is 143 Å². The molecule has 23 heavy (non-hydrogen) atoms. The Kier molecular flexibility index (Phi) is 5.95. The third-order valence-corrected chi connectivity index (χ3v) is 3.88. The highest BCUT2D eigenvalue weighted by molar-refractivity contribution is 6.35. The van der Waals surface area contributed by atoms with Crippen LogP contribution in [-0.2, 0) is 6.54 Å². The lowest BCUT2D eigenvalue weighted by Crippen LogP contribution is -2.32. The van der Waals surface area contributed by atoms with E-state index in [-0.39, 0.29) is 24.8 Å². The Bertz CT molecular complexity index is 692. The number of hydrogen-bond donors (Lipinski definition) is 2. The van der Waals surface area contributed by atoms with Crippen molar-refractivity contribution in [1.82, 2.24) is 15.1 Å². The summed E-state index contributed by atoms with van der Waals surface area (Å²) in [6.45, 7) is 2.36. The molecule has 0 aliphatic rings. The summed E-state index contributed by atoms with van der Waals surface area (Å²) in [5, 5.41) is 28.7. The van der Waals surface area contributed by atoms with Crippen molar-refractivity contribution in [1.29, 1.82) is 0 Å². The lowest BCUT2D eigenvalue weighted by Gasteiger charge is -2.18. The van der Waals surface area contributed by atoms with Crippen LogP contribution in [0.1, 0.15) is 18.5 Å². The summed E-state index contributed by atoms with van der Waals surface area (Å²) < 4.78 is 1.34. The van der Waals surface area contributed by atoms with Gasteiger partial charge in [0.05, 0.1) is 17.6 Å². The number of aliphatic hydroxyl groups is 1. The van der Waals surface area contributed by atoms with E-state index in [1.807, 2.05) is 13.0 Å². The first-order chi connectivity index (χ1) is 10.9. The second kappa shape index (κ2) is 7.74. The van der Waals surface area contributed by atoms with Crippen LogP contribution in [0, 0.1) is 10.1 Å². The zero-order valence-electron chi connectivity index (χ0n) is 12.3. The number of aromatic nitrogens is 2. The predicted molar refractivity (Wildman–Crippen MR) is 87.8 cm³/mol. The van der Waals surface area contributed by atoms with Gasteiger partial charge in [-0.15, -0.1) is 0 Å². The minimum Gasteiger partial charge on any atom is -0.390 e. The lowest BCUT2D eigenvalue weighted by atomic mass is 10.1. The molecule has 1 aromatic heterocycles. The van der Waals surface area contributed by atoms with Crippen molar-refractivity contribution < 1.29 is 10.0 Å². The normalized spacial score (nSPS) is 13.7. The van der Waals surface area contributed by atoms with Crippen molar-refractivity contribution in [3.05, 3.63) is 56.3 Å². The molecule has 0 amide bonds. The second-order valence-corrected chi connectivity index (χ2v) is 5.97. The van der Waals surface area contributed by atoms with Gasteiger partial charge in [-0.1, -0.05) is 29.3 Å². The third kappa shape index (κ3) is 4.90. The van der Waals surface area contributed by atoms with Gasteiger partial charge in [0.1, 0.15) is 12.4 Å². The van der Waals surface area contributed by atoms with Gasteiger partial charge in [-0.25, -0.2) is 0 Å². The average Bonchev–Trinajstić information content (AvgIpc) is 2.93. The molecule has 2 unspecified atom stereocenters. The smallest absolute Gasteiger partial charge is 0.306 e. The molecule has 2 rings (SSSR count). The van der Waals surface area contributed by atoms with E-state index >= 15 is 0 Å². The lowest BCUT2D eigenvalue weighted by molar-refractivity contribution is -0.385. The summed E-state index contributed by atoms with van der Waals surface area (Å²) in [5.41, 5.74) is 0.768. The Morgan fingerprint density at radius 3 is 2.83 bits per heavy atom. The highest BCUT2D eigenvalue weighted by Gasteiger charge is 2.14. The fourth-order valence-corrected chi connectivity index (χ4v) is 2.67. The van der Waals surface area contributed by atoms with Crippen LogP contribution in [-0.4, -0.2) is 32.5 Å². The van der Waals surface area contributed by atoms with Gasteiger partial charge in [0.15, 0.2) is 0 Å². The average molecular weight is 359 g/mol. The number of rotatable bonds is 7. The van der Waals surface area contributed by atoms with Crippen molar-refractivity contribution in [2.24, 2.45) is 0 Å². The van der Waals surface area contributed by atoms with Crippen molar-refractivity contribution in [2.75, 3.05) is 6.54 Å². The fourth-order valence-electron chi connectivity index (χ4n) is 2.10. The first kappa shape index (κ1) is 17.7. The topological polar surface area (TPSA) is 93.2 Å². The van der Waals surface area contributed by atoms with Gasteiger partial charge < -0.3 is 10.4 Å². The molecule has 2 aromatic rings. The third-order valence-electron chi connectivity index (χ3n) is 3.32. The van der Waals surface area contributed by atoms with Crippen molar-refractivity contribution in [2.45, 2.75) is 25.6 Å². The van der Waals surface area contributed by atoms with Crippen LogP contribution >= 0.6 is 23.2 Å². The molecule has 1 heterocycles. The fraction of sp³-hybridized carbons (Fsp3) is 0.357. The van der Waals surface area contributed by atoms with Crippen LogP contribution in [0.25, 0.3) is 0 Å². The van der Waals surface area contributed by atoms with Gasteiger partial charge in [0.2, 0.25) is 0 Å². The molecule has 0 radical (unpaired) electrons. The summed E-state index contributed by atoms with van der Waals surface area (Å²) in [6, 6.07) is 5.16.